The largest absolute Gasteiger partial charge is 0.507 e. The Balaban J connectivity index is 2.30. The molecule has 6 heteroatoms. The van der Waals surface area contributed by atoms with Crippen LogP contribution >= 0.6 is 0 Å². The van der Waals surface area contributed by atoms with E-state index < -0.39 is 0 Å². The highest BCUT2D eigenvalue weighted by atomic mass is 16.4. The summed E-state index contributed by atoms with van der Waals surface area (Å²) in [6.45, 7) is 1.92. The number of amides is 1. The molecule has 4 N–H and O–H groups in total. The van der Waals surface area contributed by atoms with Gasteiger partial charge in [-0.2, -0.15) is 0 Å². The number of carbonyl (C=O) groups excluding carboxylic acids is 1. The van der Waals surface area contributed by atoms with Gasteiger partial charge in [-0.05, 0) is 31.9 Å². The monoisotopic (exact) mass is 291 g/mol. The minimum Gasteiger partial charge on any atom is -0.507 e. The summed E-state index contributed by atoms with van der Waals surface area (Å²) in [5.74, 6) is -0.342. The van der Waals surface area contributed by atoms with E-state index in [2.05, 4.69) is 5.16 Å². The number of benzene rings is 1. The first-order valence-corrected chi connectivity index (χ1v) is 7.10. The van der Waals surface area contributed by atoms with Gasteiger partial charge in [0.1, 0.15) is 5.75 Å². The lowest BCUT2D eigenvalue weighted by Crippen LogP contribution is -2.44. The fourth-order valence-corrected chi connectivity index (χ4v) is 2.76. The lowest BCUT2D eigenvalue weighted by atomic mass is 10.1. The maximum absolute atomic E-state index is 12.7. The van der Waals surface area contributed by atoms with Crippen LogP contribution in [0.5, 0.6) is 5.75 Å². The fraction of sp³-hybridized carbons (Fsp3) is 0.467. The summed E-state index contributed by atoms with van der Waals surface area (Å²) in [6, 6.07) is 4.98. The van der Waals surface area contributed by atoms with Gasteiger partial charge in [-0.25, -0.2) is 0 Å². The van der Waals surface area contributed by atoms with Crippen LogP contribution in [0, 0.1) is 6.92 Å². The number of rotatable bonds is 4. The van der Waals surface area contributed by atoms with Crippen molar-refractivity contribution in [3.63, 3.8) is 0 Å². The molecule has 1 fully saturated rings. The predicted molar refractivity (Wildman–Crippen MR) is 79.5 cm³/mol. The molecular formula is C15H21N3O3. The third-order valence-electron chi connectivity index (χ3n) is 3.87. The van der Waals surface area contributed by atoms with E-state index in [0.29, 0.717) is 0 Å². The molecule has 0 bridgehead atoms. The highest BCUT2D eigenvalue weighted by molar-refractivity contribution is 5.99. The van der Waals surface area contributed by atoms with Gasteiger partial charge in [0.05, 0.1) is 12.1 Å². The number of aryl methyl sites for hydroxylation is 1. The molecule has 0 aliphatic heterocycles. The van der Waals surface area contributed by atoms with Gasteiger partial charge in [-0.15, -0.1) is 0 Å². The van der Waals surface area contributed by atoms with Crippen molar-refractivity contribution in [3.8, 4) is 5.75 Å². The number of aromatic hydroxyl groups is 1. The molecule has 1 aromatic rings. The Bertz CT molecular complexity index is 551. The topological polar surface area (TPSA) is 99.2 Å². The van der Waals surface area contributed by atoms with Crippen LogP contribution in [0.4, 0.5) is 0 Å². The maximum Gasteiger partial charge on any atom is 0.258 e. The van der Waals surface area contributed by atoms with Crippen molar-refractivity contribution in [2.45, 2.75) is 38.6 Å². The predicted octanol–water partition coefficient (Wildman–Crippen LogP) is 1.83. The van der Waals surface area contributed by atoms with E-state index in [0.717, 1.165) is 31.2 Å². The summed E-state index contributed by atoms with van der Waals surface area (Å²) in [5.41, 5.74) is 6.72. The molecule has 2 rings (SSSR count). The third-order valence-corrected chi connectivity index (χ3v) is 3.87. The minimum atomic E-state index is -0.283. The van der Waals surface area contributed by atoms with E-state index in [1.54, 1.807) is 17.0 Å². The molecule has 1 aromatic carbocycles. The average molecular weight is 291 g/mol. The zero-order chi connectivity index (χ0) is 15.4. The maximum atomic E-state index is 12.7. The van der Waals surface area contributed by atoms with Gasteiger partial charge >= 0.3 is 0 Å². The summed E-state index contributed by atoms with van der Waals surface area (Å²) in [5, 5.41) is 21.6. The number of phenols is 1. The average Bonchev–Trinajstić information content (AvgIpc) is 3.00. The first-order valence-electron chi connectivity index (χ1n) is 7.10. The number of nitrogens with two attached hydrogens (primary N) is 1. The Morgan fingerprint density at radius 3 is 2.71 bits per heavy atom. The molecule has 21 heavy (non-hydrogen) atoms. The molecule has 0 spiro atoms. The Kier molecular flexibility index (Phi) is 4.67. The van der Waals surface area contributed by atoms with Gasteiger partial charge in [0.25, 0.3) is 5.91 Å². The van der Waals surface area contributed by atoms with E-state index in [4.69, 9.17) is 10.9 Å². The number of hydrogen-bond donors (Lipinski definition) is 3. The number of hydrogen-bond acceptors (Lipinski definition) is 4. The summed E-state index contributed by atoms with van der Waals surface area (Å²) in [6.07, 6.45) is 3.92. The van der Waals surface area contributed by atoms with E-state index in [9.17, 15) is 9.90 Å². The molecule has 0 unspecified atom stereocenters. The van der Waals surface area contributed by atoms with Gasteiger partial charge in [0.2, 0.25) is 0 Å². The molecule has 1 aliphatic rings. The number of phenolic OH excluding ortho intramolecular Hbond substituents is 1. The highest BCUT2D eigenvalue weighted by Gasteiger charge is 2.29. The second-order valence-electron chi connectivity index (χ2n) is 5.48. The molecule has 114 valence electrons. The van der Waals surface area contributed by atoms with Crippen molar-refractivity contribution in [1.82, 2.24) is 4.90 Å². The minimum absolute atomic E-state index is 0.0117. The van der Waals surface area contributed by atoms with Crippen molar-refractivity contribution in [2.24, 2.45) is 10.9 Å². The van der Waals surface area contributed by atoms with E-state index in [-0.39, 0.29) is 35.6 Å². The van der Waals surface area contributed by atoms with Gasteiger partial charge in [-0.3, -0.25) is 4.79 Å². The summed E-state index contributed by atoms with van der Waals surface area (Å²) >= 11 is 0. The highest BCUT2D eigenvalue weighted by Crippen LogP contribution is 2.27. The van der Waals surface area contributed by atoms with Crippen molar-refractivity contribution >= 4 is 11.7 Å². The van der Waals surface area contributed by atoms with Crippen LogP contribution in [-0.4, -0.2) is 39.5 Å². The zero-order valence-electron chi connectivity index (χ0n) is 12.1. The number of nitrogens with zero attached hydrogens (tertiary/aromatic N) is 2. The lowest BCUT2D eigenvalue weighted by Gasteiger charge is -2.28. The van der Waals surface area contributed by atoms with Crippen molar-refractivity contribution in [2.75, 3.05) is 6.54 Å². The van der Waals surface area contributed by atoms with Gasteiger partial charge < -0.3 is 20.9 Å². The normalized spacial score (nSPS) is 16.1. The second kappa shape index (κ2) is 6.47. The lowest BCUT2D eigenvalue weighted by molar-refractivity contribution is 0.0709. The molecule has 6 nitrogen and oxygen atoms in total. The Labute approximate surface area is 123 Å². The van der Waals surface area contributed by atoms with Gasteiger partial charge in [-0.1, -0.05) is 29.6 Å². The van der Waals surface area contributed by atoms with Crippen LogP contribution in [-0.2, 0) is 0 Å². The van der Waals surface area contributed by atoms with Crippen LogP contribution in [0.25, 0.3) is 0 Å². The Morgan fingerprint density at radius 1 is 1.43 bits per heavy atom. The molecule has 1 aliphatic carbocycles. The third kappa shape index (κ3) is 3.45. The van der Waals surface area contributed by atoms with Crippen molar-refractivity contribution in [1.29, 1.82) is 0 Å². The number of carbonyl (C=O) groups is 1. The molecule has 0 heterocycles. The molecule has 0 radical (unpaired) electrons. The summed E-state index contributed by atoms with van der Waals surface area (Å²) < 4.78 is 0. The van der Waals surface area contributed by atoms with Gasteiger partial charge in [0, 0.05) is 6.04 Å². The zero-order valence-corrected chi connectivity index (χ0v) is 12.1. The summed E-state index contributed by atoms with van der Waals surface area (Å²) in [7, 11) is 0. The molecular weight excluding hydrogens is 270 g/mol. The number of oxime groups is 1. The first kappa shape index (κ1) is 15.2. The SMILES string of the molecule is Cc1ccc(O)c(C(=O)N(CC(N)=NO)C2CCCC2)c1. The van der Waals surface area contributed by atoms with Crippen LogP contribution < -0.4 is 5.73 Å². The van der Waals surface area contributed by atoms with E-state index in [1.807, 2.05) is 6.92 Å². The number of amidine groups is 1. The molecule has 0 saturated heterocycles. The molecule has 1 amide bonds. The molecule has 0 atom stereocenters. The van der Waals surface area contributed by atoms with Crippen LogP contribution in [0.1, 0.15) is 41.6 Å². The summed E-state index contributed by atoms with van der Waals surface area (Å²) in [4.78, 5) is 14.3. The smallest absolute Gasteiger partial charge is 0.258 e. The second-order valence-corrected chi connectivity index (χ2v) is 5.48. The van der Waals surface area contributed by atoms with Crippen molar-refractivity contribution in [3.05, 3.63) is 29.3 Å². The van der Waals surface area contributed by atoms with Crippen LogP contribution in [0.3, 0.4) is 0 Å². The Hall–Kier alpha value is -2.24. The molecule has 0 aromatic heterocycles. The quantitative estimate of drug-likeness (QED) is 0.341. The van der Waals surface area contributed by atoms with Crippen molar-refractivity contribution < 1.29 is 15.1 Å². The van der Waals surface area contributed by atoms with E-state index in [1.165, 1.54) is 6.07 Å². The van der Waals surface area contributed by atoms with Gasteiger partial charge in [0.15, 0.2) is 5.84 Å². The van der Waals surface area contributed by atoms with E-state index >= 15 is 0 Å². The van der Waals surface area contributed by atoms with Crippen LogP contribution in [0.15, 0.2) is 23.4 Å². The van der Waals surface area contributed by atoms with Crippen LogP contribution in [0.2, 0.25) is 0 Å². The first-order chi connectivity index (χ1) is 10.0. The Morgan fingerprint density at radius 2 is 2.10 bits per heavy atom. The molecule has 1 saturated carbocycles. The standard InChI is InChI=1S/C15H21N3O3/c1-10-6-7-13(19)12(8-10)15(20)18(9-14(16)17-21)11-4-2-3-5-11/h6-8,11,19,21H,2-5,9H2,1H3,(H2,16,17). The fourth-order valence-electron chi connectivity index (χ4n) is 2.76.